The molecule has 0 bridgehead atoms. The maximum Gasteiger partial charge on any atom is 0.257 e. The molecule has 1 aromatic heterocycles. The first kappa shape index (κ1) is 20.2. The van der Waals surface area contributed by atoms with Crippen LogP contribution in [-0.2, 0) is 11.3 Å². The first-order valence-electron chi connectivity index (χ1n) is 10.3. The van der Waals surface area contributed by atoms with Crippen molar-refractivity contribution < 1.29 is 14.3 Å². The third-order valence-corrected chi connectivity index (χ3v) is 5.40. The third kappa shape index (κ3) is 4.39. The van der Waals surface area contributed by atoms with Gasteiger partial charge in [0.05, 0.1) is 31.9 Å². The van der Waals surface area contributed by atoms with Crippen molar-refractivity contribution in [2.75, 3.05) is 26.8 Å². The highest BCUT2D eigenvalue weighted by atomic mass is 16.5. The largest absolute Gasteiger partial charge is 0.497 e. The van der Waals surface area contributed by atoms with Crippen LogP contribution in [-0.4, -0.2) is 53.5 Å². The third-order valence-electron chi connectivity index (χ3n) is 5.40. The standard InChI is InChI=1S/C24H27N3O3/c1-3-20-16-26(12-13-30-20)24(28)22-17-27(15-18-8-5-4-6-9-18)25-23(22)19-10-7-11-21(14-19)29-2/h4-11,14,17,20H,3,12-13,15-16H2,1-2H3. The molecule has 1 saturated heterocycles. The van der Waals surface area contributed by atoms with Crippen LogP contribution in [0.1, 0.15) is 29.3 Å². The van der Waals surface area contributed by atoms with E-state index < -0.39 is 0 Å². The lowest BCUT2D eigenvalue weighted by atomic mass is 10.1. The average Bonchev–Trinajstić information content (AvgIpc) is 3.23. The Morgan fingerprint density at radius 3 is 2.80 bits per heavy atom. The maximum atomic E-state index is 13.5. The molecule has 1 aliphatic rings. The highest BCUT2D eigenvalue weighted by Gasteiger charge is 2.28. The summed E-state index contributed by atoms with van der Waals surface area (Å²) in [5.41, 5.74) is 3.28. The number of carbonyl (C=O) groups excluding carboxylic acids is 1. The number of morpholine rings is 1. The molecule has 1 unspecified atom stereocenters. The normalized spacial score (nSPS) is 16.5. The number of amides is 1. The predicted molar refractivity (Wildman–Crippen MR) is 116 cm³/mol. The average molecular weight is 405 g/mol. The van der Waals surface area contributed by atoms with Crippen molar-refractivity contribution in [3.8, 4) is 17.0 Å². The van der Waals surface area contributed by atoms with E-state index >= 15 is 0 Å². The van der Waals surface area contributed by atoms with Crippen molar-refractivity contribution >= 4 is 5.91 Å². The topological polar surface area (TPSA) is 56.6 Å². The van der Waals surface area contributed by atoms with Gasteiger partial charge in [0, 0.05) is 24.8 Å². The van der Waals surface area contributed by atoms with Crippen molar-refractivity contribution in [2.45, 2.75) is 26.0 Å². The summed E-state index contributed by atoms with van der Waals surface area (Å²) in [4.78, 5) is 15.3. The zero-order chi connectivity index (χ0) is 20.9. The van der Waals surface area contributed by atoms with Gasteiger partial charge >= 0.3 is 0 Å². The van der Waals surface area contributed by atoms with E-state index in [0.717, 1.165) is 23.3 Å². The van der Waals surface area contributed by atoms with Crippen LogP contribution in [0.4, 0.5) is 0 Å². The van der Waals surface area contributed by atoms with E-state index in [1.807, 2.05) is 58.2 Å². The van der Waals surface area contributed by atoms with Gasteiger partial charge in [-0.15, -0.1) is 0 Å². The molecular formula is C24H27N3O3. The highest BCUT2D eigenvalue weighted by molar-refractivity contribution is 6.00. The zero-order valence-corrected chi connectivity index (χ0v) is 17.5. The second kappa shape index (κ2) is 9.13. The van der Waals surface area contributed by atoms with Crippen LogP contribution in [0.2, 0.25) is 0 Å². The molecule has 2 aromatic carbocycles. The number of methoxy groups -OCH3 is 1. The van der Waals surface area contributed by atoms with E-state index in [1.54, 1.807) is 7.11 Å². The number of nitrogens with zero attached hydrogens (tertiary/aromatic N) is 3. The Morgan fingerprint density at radius 1 is 1.20 bits per heavy atom. The van der Waals surface area contributed by atoms with Crippen LogP contribution in [0.3, 0.4) is 0 Å². The smallest absolute Gasteiger partial charge is 0.257 e. The summed E-state index contributed by atoms with van der Waals surface area (Å²) in [6, 6.07) is 17.8. The number of ether oxygens (including phenoxy) is 2. The molecular weight excluding hydrogens is 378 g/mol. The fourth-order valence-corrected chi connectivity index (χ4v) is 3.73. The highest BCUT2D eigenvalue weighted by Crippen LogP contribution is 2.27. The molecule has 2 heterocycles. The molecule has 3 aromatic rings. The van der Waals surface area contributed by atoms with Gasteiger partial charge in [-0.1, -0.05) is 49.4 Å². The molecule has 1 aliphatic heterocycles. The lowest BCUT2D eigenvalue weighted by molar-refractivity contribution is -0.0226. The van der Waals surface area contributed by atoms with E-state index in [-0.39, 0.29) is 12.0 Å². The summed E-state index contributed by atoms with van der Waals surface area (Å²) in [6.45, 7) is 4.45. The molecule has 156 valence electrons. The number of carbonyl (C=O) groups is 1. The molecule has 0 saturated carbocycles. The Hall–Kier alpha value is -3.12. The van der Waals surface area contributed by atoms with Crippen molar-refractivity contribution in [1.29, 1.82) is 0 Å². The number of hydrogen-bond acceptors (Lipinski definition) is 4. The molecule has 6 heteroatoms. The summed E-state index contributed by atoms with van der Waals surface area (Å²) >= 11 is 0. The van der Waals surface area contributed by atoms with Crippen LogP contribution >= 0.6 is 0 Å². The van der Waals surface area contributed by atoms with Crippen LogP contribution in [0.15, 0.2) is 60.8 Å². The molecule has 30 heavy (non-hydrogen) atoms. The molecule has 1 atom stereocenters. The van der Waals surface area contributed by atoms with E-state index in [4.69, 9.17) is 14.6 Å². The Labute approximate surface area is 177 Å². The first-order valence-corrected chi connectivity index (χ1v) is 10.3. The molecule has 1 amide bonds. The van der Waals surface area contributed by atoms with Gasteiger partial charge in [0.2, 0.25) is 0 Å². The minimum atomic E-state index is -0.00567. The fourth-order valence-electron chi connectivity index (χ4n) is 3.73. The second-order valence-electron chi connectivity index (χ2n) is 7.46. The fraction of sp³-hybridized carbons (Fsp3) is 0.333. The van der Waals surface area contributed by atoms with Crippen LogP contribution in [0, 0.1) is 0 Å². The van der Waals surface area contributed by atoms with Crippen LogP contribution < -0.4 is 4.74 Å². The molecule has 0 spiro atoms. The van der Waals surface area contributed by atoms with Gasteiger partial charge in [0.15, 0.2) is 0 Å². The van der Waals surface area contributed by atoms with E-state index in [2.05, 4.69) is 19.1 Å². The minimum absolute atomic E-state index is 0.00567. The van der Waals surface area contributed by atoms with Gasteiger partial charge in [-0.3, -0.25) is 9.48 Å². The molecule has 0 N–H and O–H groups in total. The van der Waals surface area contributed by atoms with Crippen molar-refractivity contribution in [1.82, 2.24) is 14.7 Å². The van der Waals surface area contributed by atoms with Crippen molar-refractivity contribution in [2.24, 2.45) is 0 Å². The van der Waals surface area contributed by atoms with Crippen molar-refractivity contribution in [3.05, 3.63) is 71.9 Å². The number of rotatable bonds is 6. The quantitative estimate of drug-likeness (QED) is 0.625. The Bertz CT molecular complexity index is 1000. The van der Waals surface area contributed by atoms with E-state index in [1.165, 1.54) is 0 Å². The summed E-state index contributed by atoms with van der Waals surface area (Å²) in [6.07, 6.45) is 2.84. The maximum absolute atomic E-state index is 13.5. The van der Waals surface area contributed by atoms with E-state index in [0.29, 0.717) is 37.5 Å². The predicted octanol–water partition coefficient (Wildman–Crippen LogP) is 3.86. The van der Waals surface area contributed by atoms with Crippen molar-refractivity contribution in [3.63, 3.8) is 0 Å². The summed E-state index contributed by atoms with van der Waals surface area (Å²) in [7, 11) is 1.64. The zero-order valence-electron chi connectivity index (χ0n) is 17.5. The summed E-state index contributed by atoms with van der Waals surface area (Å²) < 4.78 is 13.0. The lowest BCUT2D eigenvalue weighted by Crippen LogP contribution is -2.45. The Balaban J connectivity index is 1.70. The Kier molecular flexibility index (Phi) is 6.14. The van der Waals surface area contributed by atoms with Gasteiger partial charge < -0.3 is 14.4 Å². The molecule has 6 nitrogen and oxygen atoms in total. The number of benzene rings is 2. The summed E-state index contributed by atoms with van der Waals surface area (Å²) in [5.74, 6) is 0.731. The van der Waals surface area contributed by atoms with Gasteiger partial charge in [-0.25, -0.2) is 0 Å². The van der Waals surface area contributed by atoms with Crippen LogP contribution in [0.5, 0.6) is 5.75 Å². The van der Waals surface area contributed by atoms with Gasteiger partial charge in [0.25, 0.3) is 5.91 Å². The second-order valence-corrected chi connectivity index (χ2v) is 7.46. The lowest BCUT2D eigenvalue weighted by Gasteiger charge is -2.32. The van der Waals surface area contributed by atoms with Gasteiger partial charge in [-0.05, 0) is 24.1 Å². The Morgan fingerprint density at radius 2 is 2.03 bits per heavy atom. The number of aromatic nitrogens is 2. The summed E-state index contributed by atoms with van der Waals surface area (Å²) in [5, 5.41) is 4.79. The van der Waals surface area contributed by atoms with Crippen LogP contribution in [0.25, 0.3) is 11.3 Å². The van der Waals surface area contributed by atoms with E-state index in [9.17, 15) is 4.79 Å². The monoisotopic (exact) mass is 405 g/mol. The molecule has 1 fully saturated rings. The first-order chi connectivity index (χ1) is 14.7. The minimum Gasteiger partial charge on any atom is -0.497 e. The number of hydrogen-bond donors (Lipinski definition) is 0. The molecule has 0 radical (unpaired) electrons. The van der Waals surface area contributed by atoms with Gasteiger partial charge in [0.1, 0.15) is 11.4 Å². The molecule has 0 aliphatic carbocycles. The van der Waals surface area contributed by atoms with Gasteiger partial charge in [-0.2, -0.15) is 5.10 Å². The SMILES string of the molecule is CCC1CN(C(=O)c2cn(Cc3ccccc3)nc2-c2cccc(OC)c2)CCO1. The molecule has 4 rings (SSSR count).